The molecule has 3 heteroatoms. The fourth-order valence-corrected chi connectivity index (χ4v) is 1.98. The lowest BCUT2D eigenvalue weighted by Gasteiger charge is -2.30. The van der Waals surface area contributed by atoms with Gasteiger partial charge >= 0.3 is 0 Å². The molecule has 0 aliphatic heterocycles. The Balaban J connectivity index is 2.71. The lowest BCUT2D eigenvalue weighted by atomic mass is 10.0. The summed E-state index contributed by atoms with van der Waals surface area (Å²) in [4.78, 5) is 2.40. The highest BCUT2D eigenvalue weighted by molar-refractivity contribution is 5.48. The Labute approximate surface area is 117 Å². The number of nitrogens with two attached hydrogens (primary N) is 1. The zero-order valence-corrected chi connectivity index (χ0v) is 12.8. The van der Waals surface area contributed by atoms with Crippen LogP contribution in [0, 0.1) is 6.92 Å². The second-order valence-electron chi connectivity index (χ2n) is 5.68. The van der Waals surface area contributed by atoms with E-state index >= 15 is 0 Å². The van der Waals surface area contributed by atoms with Gasteiger partial charge in [-0.05, 0) is 57.9 Å². The van der Waals surface area contributed by atoms with E-state index in [0.29, 0.717) is 0 Å². The molecule has 0 saturated carbocycles. The summed E-state index contributed by atoms with van der Waals surface area (Å²) in [6.45, 7) is 9.11. The predicted molar refractivity (Wildman–Crippen MR) is 82.8 cm³/mol. The molecule has 3 nitrogen and oxygen atoms in total. The summed E-state index contributed by atoms with van der Waals surface area (Å²) in [5, 5.41) is 0. The van der Waals surface area contributed by atoms with E-state index in [1.54, 1.807) is 7.11 Å². The zero-order valence-electron chi connectivity index (χ0n) is 12.8. The quantitative estimate of drug-likeness (QED) is 0.784. The van der Waals surface area contributed by atoms with Gasteiger partial charge in [-0.3, -0.25) is 0 Å². The fraction of sp³-hybridized carbons (Fsp3) is 0.625. The molecule has 0 aliphatic rings. The molecule has 1 rings (SSSR count). The van der Waals surface area contributed by atoms with Crippen molar-refractivity contribution in [3.8, 4) is 0 Å². The molecular formula is C16H28N2O. The average molecular weight is 264 g/mol. The lowest BCUT2D eigenvalue weighted by Crippen LogP contribution is -2.33. The van der Waals surface area contributed by atoms with Crippen LogP contribution in [0.5, 0.6) is 0 Å². The Morgan fingerprint density at radius 3 is 2.58 bits per heavy atom. The second kappa shape index (κ2) is 7.51. The molecule has 0 radical (unpaired) electrons. The topological polar surface area (TPSA) is 38.5 Å². The molecule has 19 heavy (non-hydrogen) atoms. The number of aryl methyl sites for hydroxylation is 1. The molecule has 1 aromatic rings. The minimum absolute atomic E-state index is 0.0786. The fourth-order valence-electron chi connectivity index (χ4n) is 1.98. The molecule has 1 aromatic carbocycles. The summed E-state index contributed by atoms with van der Waals surface area (Å²) in [5.74, 6) is 0. The number of anilines is 1. The molecule has 0 aliphatic carbocycles. The van der Waals surface area contributed by atoms with E-state index in [4.69, 9.17) is 10.5 Å². The van der Waals surface area contributed by atoms with Crippen LogP contribution >= 0.6 is 0 Å². The van der Waals surface area contributed by atoms with Crippen molar-refractivity contribution in [3.05, 3.63) is 29.8 Å². The molecule has 0 unspecified atom stereocenters. The maximum absolute atomic E-state index is 5.64. The number of nitrogens with zero attached hydrogens (tertiary/aromatic N) is 1. The monoisotopic (exact) mass is 264 g/mol. The second-order valence-corrected chi connectivity index (χ2v) is 5.68. The van der Waals surface area contributed by atoms with Crippen LogP contribution in [0.2, 0.25) is 0 Å². The smallest absolute Gasteiger partial charge is 0.0639 e. The maximum Gasteiger partial charge on any atom is 0.0639 e. The first-order chi connectivity index (χ1) is 8.98. The molecule has 0 amide bonds. The van der Waals surface area contributed by atoms with E-state index in [0.717, 1.165) is 32.5 Å². The van der Waals surface area contributed by atoms with Gasteiger partial charge in [-0.1, -0.05) is 12.1 Å². The van der Waals surface area contributed by atoms with Gasteiger partial charge in [-0.25, -0.2) is 0 Å². The van der Waals surface area contributed by atoms with Crippen molar-refractivity contribution in [3.63, 3.8) is 0 Å². The molecule has 0 saturated heterocycles. The van der Waals surface area contributed by atoms with Gasteiger partial charge < -0.3 is 15.4 Å². The molecule has 0 aromatic heterocycles. The van der Waals surface area contributed by atoms with Crippen molar-refractivity contribution >= 4 is 5.69 Å². The highest BCUT2D eigenvalue weighted by atomic mass is 16.5. The first kappa shape index (κ1) is 16.0. The Bertz CT molecular complexity index is 377. The molecule has 0 heterocycles. The van der Waals surface area contributed by atoms with Gasteiger partial charge in [0.25, 0.3) is 0 Å². The number of rotatable bonds is 8. The third kappa shape index (κ3) is 5.62. The molecule has 0 spiro atoms. The maximum atomic E-state index is 5.64. The number of hydrogen-bond donors (Lipinski definition) is 1. The first-order valence-electron chi connectivity index (χ1n) is 7.05. The van der Waals surface area contributed by atoms with Gasteiger partial charge in [0, 0.05) is 25.9 Å². The van der Waals surface area contributed by atoms with Gasteiger partial charge in [0.2, 0.25) is 0 Å². The van der Waals surface area contributed by atoms with Crippen molar-refractivity contribution in [2.75, 3.05) is 31.6 Å². The van der Waals surface area contributed by atoms with Gasteiger partial charge in [-0.15, -0.1) is 0 Å². The van der Waals surface area contributed by atoms with Crippen LogP contribution in [0.3, 0.4) is 0 Å². The summed E-state index contributed by atoms with van der Waals surface area (Å²) in [5.41, 5.74) is 8.13. The van der Waals surface area contributed by atoms with E-state index in [9.17, 15) is 0 Å². The summed E-state index contributed by atoms with van der Waals surface area (Å²) in [6.07, 6.45) is 2.02. The first-order valence-corrected chi connectivity index (χ1v) is 7.05. The van der Waals surface area contributed by atoms with E-state index in [-0.39, 0.29) is 5.60 Å². The lowest BCUT2D eigenvalue weighted by molar-refractivity contribution is 0.0172. The highest BCUT2D eigenvalue weighted by Gasteiger charge is 2.18. The molecule has 108 valence electrons. The largest absolute Gasteiger partial charge is 0.379 e. The summed E-state index contributed by atoms with van der Waals surface area (Å²) in [7, 11) is 1.77. The molecule has 0 fully saturated rings. The van der Waals surface area contributed by atoms with Crippen molar-refractivity contribution in [2.45, 2.75) is 39.2 Å². The van der Waals surface area contributed by atoms with Crippen LogP contribution in [0.25, 0.3) is 0 Å². The molecule has 0 bridgehead atoms. The van der Waals surface area contributed by atoms with Gasteiger partial charge in [0.15, 0.2) is 0 Å². The Morgan fingerprint density at radius 1 is 1.26 bits per heavy atom. The van der Waals surface area contributed by atoms with E-state index in [1.807, 2.05) is 0 Å². The summed E-state index contributed by atoms with van der Waals surface area (Å²) in [6, 6.07) is 8.64. The number of methoxy groups -OCH3 is 1. The highest BCUT2D eigenvalue weighted by Crippen LogP contribution is 2.20. The standard InChI is InChI=1S/C16H28N2O/c1-14-7-5-8-15(13-14)18(11-6-10-17)12-9-16(2,3)19-4/h5,7-8,13H,6,9-12,17H2,1-4H3. The van der Waals surface area contributed by atoms with Gasteiger partial charge in [0.05, 0.1) is 5.60 Å². The minimum atomic E-state index is -0.0786. The van der Waals surface area contributed by atoms with Crippen LogP contribution in [0.1, 0.15) is 32.3 Å². The van der Waals surface area contributed by atoms with E-state index in [1.165, 1.54) is 11.3 Å². The Morgan fingerprint density at radius 2 is 2.00 bits per heavy atom. The normalized spacial score (nSPS) is 11.6. The van der Waals surface area contributed by atoms with Crippen molar-refractivity contribution in [1.29, 1.82) is 0 Å². The van der Waals surface area contributed by atoms with Crippen molar-refractivity contribution < 1.29 is 4.74 Å². The summed E-state index contributed by atoms with van der Waals surface area (Å²) >= 11 is 0. The van der Waals surface area contributed by atoms with Gasteiger partial charge in [0.1, 0.15) is 0 Å². The third-order valence-electron chi connectivity index (χ3n) is 3.54. The number of hydrogen-bond acceptors (Lipinski definition) is 3. The predicted octanol–water partition coefficient (Wildman–Crippen LogP) is 2.97. The van der Waals surface area contributed by atoms with Crippen LogP contribution in [0.4, 0.5) is 5.69 Å². The molecule has 0 atom stereocenters. The Hall–Kier alpha value is -1.06. The zero-order chi connectivity index (χ0) is 14.3. The number of ether oxygens (including phenoxy) is 1. The molecule has 2 N–H and O–H groups in total. The van der Waals surface area contributed by atoms with E-state index in [2.05, 4.69) is 49.9 Å². The van der Waals surface area contributed by atoms with Crippen LogP contribution in [0.15, 0.2) is 24.3 Å². The van der Waals surface area contributed by atoms with Crippen molar-refractivity contribution in [2.24, 2.45) is 5.73 Å². The van der Waals surface area contributed by atoms with Crippen LogP contribution < -0.4 is 10.6 Å². The Kier molecular flexibility index (Phi) is 6.32. The third-order valence-corrected chi connectivity index (χ3v) is 3.54. The van der Waals surface area contributed by atoms with Crippen LogP contribution in [-0.4, -0.2) is 32.3 Å². The van der Waals surface area contributed by atoms with E-state index < -0.39 is 0 Å². The summed E-state index contributed by atoms with van der Waals surface area (Å²) < 4.78 is 5.50. The minimum Gasteiger partial charge on any atom is -0.379 e. The SMILES string of the molecule is COC(C)(C)CCN(CCCN)c1cccc(C)c1. The number of benzene rings is 1. The van der Waals surface area contributed by atoms with Crippen LogP contribution in [-0.2, 0) is 4.74 Å². The van der Waals surface area contributed by atoms with Gasteiger partial charge in [-0.2, -0.15) is 0 Å². The average Bonchev–Trinajstić information content (AvgIpc) is 2.39. The van der Waals surface area contributed by atoms with Crippen molar-refractivity contribution in [1.82, 2.24) is 0 Å². The molecular weight excluding hydrogens is 236 g/mol.